The van der Waals surface area contributed by atoms with Crippen molar-refractivity contribution in [2.24, 2.45) is 0 Å². The topological polar surface area (TPSA) is 61.8 Å². The summed E-state index contributed by atoms with van der Waals surface area (Å²) in [5.41, 5.74) is 0.411. The third-order valence-electron chi connectivity index (χ3n) is 3.11. The molecule has 20 heavy (non-hydrogen) atoms. The van der Waals surface area contributed by atoms with Gasteiger partial charge < -0.3 is 20.1 Å². The van der Waals surface area contributed by atoms with Crippen LogP contribution in [0.4, 0.5) is 4.79 Å². The lowest BCUT2D eigenvalue weighted by atomic mass is 10.1. The van der Waals surface area contributed by atoms with Crippen LogP contribution in [0.3, 0.4) is 0 Å². The Morgan fingerprint density at radius 3 is 2.65 bits per heavy atom. The minimum atomic E-state index is -0.453. The van der Waals surface area contributed by atoms with Crippen LogP contribution in [0.2, 0.25) is 0 Å². The summed E-state index contributed by atoms with van der Waals surface area (Å²) < 4.78 is 5.29. The van der Waals surface area contributed by atoms with Crippen LogP contribution >= 0.6 is 0 Å². The predicted octanol–water partition coefficient (Wildman–Crippen LogP) is 2.10. The van der Waals surface area contributed by atoms with Gasteiger partial charge in [-0.2, -0.15) is 0 Å². The molecule has 1 saturated heterocycles. The molecule has 1 fully saturated rings. The molecule has 1 aromatic carbocycles. The first kappa shape index (κ1) is 14.7. The van der Waals surface area contributed by atoms with Crippen molar-refractivity contribution >= 4 is 6.09 Å². The summed E-state index contributed by atoms with van der Waals surface area (Å²) in [7, 11) is 0. The lowest BCUT2D eigenvalue weighted by Crippen LogP contribution is -2.60. The summed E-state index contributed by atoms with van der Waals surface area (Å²) in [6.07, 6.45) is -0.266. The molecule has 0 aromatic heterocycles. The van der Waals surface area contributed by atoms with E-state index in [1.54, 1.807) is 17.0 Å². The number of carbonyl (C=O) groups excluding carboxylic acids is 1. The zero-order valence-electron chi connectivity index (χ0n) is 12.2. The Morgan fingerprint density at radius 2 is 2.05 bits per heavy atom. The lowest BCUT2D eigenvalue weighted by Gasteiger charge is -2.40. The molecule has 0 bridgehead atoms. The third-order valence-corrected chi connectivity index (χ3v) is 3.11. The minimum Gasteiger partial charge on any atom is -0.508 e. The van der Waals surface area contributed by atoms with Crippen LogP contribution in [0.1, 0.15) is 26.3 Å². The number of benzene rings is 1. The van der Waals surface area contributed by atoms with Crippen molar-refractivity contribution in [1.29, 1.82) is 0 Å². The number of hydrogen-bond donors (Lipinski definition) is 2. The van der Waals surface area contributed by atoms with Crippen molar-refractivity contribution in [3.8, 4) is 5.75 Å². The van der Waals surface area contributed by atoms with Crippen LogP contribution in [0.15, 0.2) is 24.3 Å². The van der Waals surface area contributed by atoms with Crippen LogP contribution in [-0.4, -0.2) is 40.8 Å². The first-order valence-electron chi connectivity index (χ1n) is 6.83. The number of nitrogens with one attached hydrogen (secondary N) is 1. The van der Waals surface area contributed by atoms with E-state index in [1.807, 2.05) is 32.9 Å². The summed E-state index contributed by atoms with van der Waals surface area (Å²) in [6, 6.07) is 7.50. The van der Waals surface area contributed by atoms with Gasteiger partial charge in [0.1, 0.15) is 11.4 Å². The predicted molar refractivity (Wildman–Crippen MR) is 76.5 cm³/mol. The third kappa shape index (κ3) is 3.87. The van der Waals surface area contributed by atoms with Crippen LogP contribution in [0.5, 0.6) is 5.75 Å². The molecule has 5 heteroatoms. The number of phenols is 1. The number of likely N-dealkylation sites (tertiary alicyclic amines) is 1. The molecule has 0 radical (unpaired) electrons. The maximum atomic E-state index is 11.8. The molecule has 0 saturated carbocycles. The summed E-state index contributed by atoms with van der Waals surface area (Å²) in [6.45, 7) is 7.46. The summed E-state index contributed by atoms with van der Waals surface area (Å²) in [5, 5.41) is 13.0. The van der Waals surface area contributed by atoms with Gasteiger partial charge >= 0.3 is 6.09 Å². The van der Waals surface area contributed by atoms with Crippen molar-refractivity contribution in [1.82, 2.24) is 10.2 Å². The normalized spacial score (nSPS) is 15.8. The molecule has 0 spiro atoms. The molecule has 1 aliphatic heterocycles. The van der Waals surface area contributed by atoms with Crippen molar-refractivity contribution in [3.05, 3.63) is 29.8 Å². The van der Waals surface area contributed by atoms with E-state index in [4.69, 9.17) is 4.74 Å². The highest BCUT2D eigenvalue weighted by molar-refractivity contribution is 5.69. The second-order valence-corrected chi connectivity index (χ2v) is 6.09. The largest absolute Gasteiger partial charge is 0.508 e. The van der Waals surface area contributed by atoms with Gasteiger partial charge in [0.2, 0.25) is 0 Å². The number of phenolic OH excluding ortho intramolecular Hbond substituents is 1. The molecule has 0 atom stereocenters. The van der Waals surface area contributed by atoms with Gasteiger partial charge in [0, 0.05) is 31.2 Å². The molecule has 1 heterocycles. The fourth-order valence-electron chi connectivity index (χ4n) is 2.00. The Balaban J connectivity index is 1.72. The SMILES string of the molecule is CC(C)(C)OC(=O)N1CC(NCc2ccccc2O)C1. The highest BCUT2D eigenvalue weighted by atomic mass is 16.6. The van der Waals surface area contributed by atoms with Crippen molar-refractivity contribution in [2.45, 2.75) is 39.0 Å². The van der Waals surface area contributed by atoms with E-state index in [0.717, 1.165) is 5.56 Å². The zero-order chi connectivity index (χ0) is 14.8. The minimum absolute atomic E-state index is 0.252. The molecule has 1 aromatic rings. The first-order chi connectivity index (χ1) is 9.35. The Hall–Kier alpha value is -1.75. The summed E-state index contributed by atoms with van der Waals surface area (Å²) >= 11 is 0. The number of hydrogen-bond acceptors (Lipinski definition) is 4. The zero-order valence-corrected chi connectivity index (χ0v) is 12.2. The van der Waals surface area contributed by atoms with E-state index >= 15 is 0 Å². The van der Waals surface area contributed by atoms with Gasteiger partial charge in [-0.1, -0.05) is 18.2 Å². The van der Waals surface area contributed by atoms with Crippen molar-refractivity contribution in [2.75, 3.05) is 13.1 Å². The quantitative estimate of drug-likeness (QED) is 0.889. The molecular formula is C15H22N2O3. The maximum absolute atomic E-state index is 11.8. The highest BCUT2D eigenvalue weighted by Gasteiger charge is 2.33. The molecule has 1 amide bonds. The smallest absolute Gasteiger partial charge is 0.410 e. The van der Waals surface area contributed by atoms with Crippen molar-refractivity contribution < 1.29 is 14.6 Å². The molecule has 5 nitrogen and oxygen atoms in total. The maximum Gasteiger partial charge on any atom is 0.410 e. The van der Waals surface area contributed by atoms with E-state index in [1.165, 1.54) is 0 Å². The monoisotopic (exact) mass is 278 g/mol. The molecule has 1 aliphatic rings. The first-order valence-corrected chi connectivity index (χ1v) is 6.83. The number of ether oxygens (including phenoxy) is 1. The van der Waals surface area contributed by atoms with Crippen LogP contribution in [0.25, 0.3) is 0 Å². The van der Waals surface area contributed by atoms with Gasteiger partial charge in [0.15, 0.2) is 0 Å². The highest BCUT2D eigenvalue weighted by Crippen LogP contribution is 2.18. The number of carbonyl (C=O) groups is 1. The molecule has 110 valence electrons. The van der Waals surface area contributed by atoms with Crippen LogP contribution < -0.4 is 5.32 Å². The van der Waals surface area contributed by atoms with Gasteiger partial charge in [-0.15, -0.1) is 0 Å². The fraction of sp³-hybridized carbons (Fsp3) is 0.533. The standard InChI is InChI=1S/C15H22N2O3/c1-15(2,3)20-14(19)17-9-12(10-17)16-8-11-6-4-5-7-13(11)18/h4-7,12,16,18H,8-10H2,1-3H3. The number of rotatable bonds is 3. The van der Waals surface area contributed by atoms with E-state index < -0.39 is 5.60 Å². The van der Waals surface area contributed by atoms with Gasteiger partial charge in [-0.05, 0) is 26.8 Å². The van der Waals surface area contributed by atoms with Gasteiger partial charge in [-0.3, -0.25) is 0 Å². The number of aromatic hydroxyl groups is 1. The van der Waals surface area contributed by atoms with E-state index in [0.29, 0.717) is 25.4 Å². The molecule has 2 rings (SSSR count). The van der Waals surface area contributed by atoms with Gasteiger partial charge in [0.25, 0.3) is 0 Å². The summed E-state index contributed by atoms with van der Waals surface area (Å²) in [5.74, 6) is 0.295. The van der Waals surface area contributed by atoms with E-state index in [9.17, 15) is 9.90 Å². The number of amides is 1. The van der Waals surface area contributed by atoms with E-state index in [2.05, 4.69) is 5.32 Å². The number of para-hydroxylation sites is 1. The van der Waals surface area contributed by atoms with E-state index in [-0.39, 0.29) is 12.1 Å². The molecule has 0 aliphatic carbocycles. The molecular weight excluding hydrogens is 256 g/mol. The van der Waals surface area contributed by atoms with Gasteiger partial charge in [-0.25, -0.2) is 4.79 Å². The Bertz CT molecular complexity index is 476. The second-order valence-electron chi connectivity index (χ2n) is 6.09. The fourth-order valence-corrected chi connectivity index (χ4v) is 2.00. The molecule has 2 N–H and O–H groups in total. The van der Waals surface area contributed by atoms with Crippen LogP contribution in [-0.2, 0) is 11.3 Å². The second kappa shape index (κ2) is 5.71. The Kier molecular flexibility index (Phi) is 4.18. The van der Waals surface area contributed by atoms with Gasteiger partial charge in [0.05, 0.1) is 0 Å². The average Bonchev–Trinajstić information content (AvgIpc) is 2.26. The Morgan fingerprint density at radius 1 is 1.40 bits per heavy atom. The number of nitrogens with zero attached hydrogens (tertiary/aromatic N) is 1. The average molecular weight is 278 g/mol. The lowest BCUT2D eigenvalue weighted by molar-refractivity contribution is 0.00516. The van der Waals surface area contributed by atoms with Crippen LogP contribution in [0, 0.1) is 0 Å². The Labute approximate surface area is 119 Å². The molecule has 0 unspecified atom stereocenters. The van der Waals surface area contributed by atoms with Crippen molar-refractivity contribution in [3.63, 3.8) is 0 Å². The summed E-state index contributed by atoms with van der Waals surface area (Å²) in [4.78, 5) is 13.4.